The zero-order chi connectivity index (χ0) is 11.0. The highest BCUT2D eigenvalue weighted by molar-refractivity contribution is 5.66. The van der Waals surface area contributed by atoms with E-state index in [-0.39, 0.29) is 0 Å². The smallest absolute Gasteiger partial charge is 0.144 e. The molecule has 3 rings (SSSR count). The molecule has 0 aromatic heterocycles. The molecular weight excluding hydrogens is 208 g/mol. The van der Waals surface area contributed by atoms with Gasteiger partial charge in [0.1, 0.15) is 12.4 Å². The van der Waals surface area contributed by atoms with Gasteiger partial charge in [-0.05, 0) is 12.1 Å². The summed E-state index contributed by atoms with van der Waals surface area (Å²) in [4.78, 5) is 2.31. The molecular formula is C11H14N2O3. The van der Waals surface area contributed by atoms with Gasteiger partial charge in [-0.1, -0.05) is 0 Å². The van der Waals surface area contributed by atoms with Crippen molar-refractivity contribution in [2.45, 2.75) is 6.04 Å². The van der Waals surface area contributed by atoms with E-state index in [2.05, 4.69) is 10.4 Å². The lowest BCUT2D eigenvalue weighted by Gasteiger charge is -2.41. The minimum absolute atomic E-state index is 0.468. The van der Waals surface area contributed by atoms with Crippen molar-refractivity contribution >= 4 is 11.4 Å². The second-order valence-corrected chi connectivity index (χ2v) is 4.03. The Balaban J connectivity index is 1.92. The van der Waals surface area contributed by atoms with E-state index in [1.54, 1.807) is 6.07 Å². The molecule has 0 bridgehead atoms. The van der Waals surface area contributed by atoms with E-state index in [9.17, 15) is 0 Å². The molecule has 5 heteroatoms. The fraction of sp³-hybridized carbons (Fsp3) is 0.455. The number of nitrogens with one attached hydrogen (secondary N) is 1. The summed E-state index contributed by atoms with van der Waals surface area (Å²) in [7, 11) is 0. The standard InChI is InChI=1S/C11H14N2O3/c14-12-8-1-2-10-11(5-8)16-4-3-13(10)9-6-15-7-9/h1-2,5,9,12,14H,3-4,6-7H2. The topological polar surface area (TPSA) is 54.0 Å². The number of benzene rings is 1. The molecule has 0 aliphatic carbocycles. The Bertz CT molecular complexity index is 393. The van der Waals surface area contributed by atoms with Crippen molar-refractivity contribution in [1.29, 1.82) is 0 Å². The van der Waals surface area contributed by atoms with Crippen LogP contribution in [0.4, 0.5) is 11.4 Å². The van der Waals surface area contributed by atoms with Gasteiger partial charge in [-0.25, -0.2) is 0 Å². The average molecular weight is 222 g/mol. The molecule has 0 amide bonds. The lowest BCUT2D eigenvalue weighted by Crippen LogP contribution is -2.52. The van der Waals surface area contributed by atoms with Gasteiger partial charge in [0.15, 0.2) is 0 Å². The molecule has 2 aliphatic heterocycles. The van der Waals surface area contributed by atoms with Gasteiger partial charge < -0.3 is 14.4 Å². The van der Waals surface area contributed by atoms with Crippen LogP contribution in [0.5, 0.6) is 5.75 Å². The quantitative estimate of drug-likeness (QED) is 0.733. The number of rotatable bonds is 2. The van der Waals surface area contributed by atoms with E-state index in [1.165, 1.54) is 0 Å². The van der Waals surface area contributed by atoms with Crippen molar-refractivity contribution in [2.24, 2.45) is 0 Å². The van der Waals surface area contributed by atoms with Crippen molar-refractivity contribution < 1.29 is 14.7 Å². The number of ether oxygens (including phenoxy) is 2. The minimum atomic E-state index is 0.468. The third-order valence-electron chi connectivity index (χ3n) is 3.05. The molecule has 1 fully saturated rings. The molecule has 0 radical (unpaired) electrons. The van der Waals surface area contributed by atoms with Crippen molar-refractivity contribution in [3.63, 3.8) is 0 Å². The highest BCUT2D eigenvalue weighted by Crippen LogP contribution is 2.36. The van der Waals surface area contributed by atoms with Gasteiger partial charge in [0.05, 0.1) is 37.2 Å². The van der Waals surface area contributed by atoms with Crippen LogP contribution in [0.2, 0.25) is 0 Å². The van der Waals surface area contributed by atoms with Gasteiger partial charge >= 0.3 is 0 Å². The molecule has 0 atom stereocenters. The number of fused-ring (bicyclic) bond motifs is 1. The summed E-state index contributed by atoms with van der Waals surface area (Å²) < 4.78 is 10.8. The first-order chi connectivity index (χ1) is 7.88. The number of hydrogen-bond acceptors (Lipinski definition) is 5. The summed E-state index contributed by atoms with van der Waals surface area (Å²) in [6, 6.07) is 6.07. The first-order valence-corrected chi connectivity index (χ1v) is 5.40. The Morgan fingerprint density at radius 2 is 2.25 bits per heavy atom. The highest BCUT2D eigenvalue weighted by Gasteiger charge is 2.30. The third-order valence-corrected chi connectivity index (χ3v) is 3.05. The van der Waals surface area contributed by atoms with Crippen molar-refractivity contribution in [1.82, 2.24) is 0 Å². The van der Waals surface area contributed by atoms with E-state index in [0.29, 0.717) is 18.3 Å². The Hall–Kier alpha value is -1.46. The number of hydrogen-bond donors (Lipinski definition) is 2. The molecule has 2 N–H and O–H groups in total. The van der Waals surface area contributed by atoms with Crippen LogP contribution >= 0.6 is 0 Å². The van der Waals surface area contributed by atoms with Crippen LogP contribution < -0.4 is 15.1 Å². The maximum absolute atomic E-state index is 8.83. The maximum atomic E-state index is 8.83. The second-order valence-electron chi connectivity index (χ2n) is 4.03. The summed E-state index contributed by atoms with van der Waals surface area (Å²) in [6.45, 7) is 3.16. The summed E-state index contributed by atoms with van der Waals surface area (Å²) >= 11 is 0. The SMILES string of the molecule is ONc1ccc2c(c1)OCCN2C1COC1. The predicted molar refractivity (Wildman–Crippen MR) is 59.3 cm³/mol. The van der Waals surface area contributed by atoms with Gasteiger partial charge in [-0.2, -0.15) is 0 Å². The molecule has 0 spiro atoms. The average Bonchev–Trinajstić information content (AvgIpc) is 2.26. The molecule has 16 heavy (non-hydrogen) atoms. The minimum Gasteiger partial charge on any atom is -0.489 e. The lowest BCUT2D eigenvalue weighted by atomic mass is 10.1. The normalized spacial score (nSPS) is 19.7. The van der Waals surface area contributed by atoms with E-state index >= 15 is 0 Å². The fourth-order valence-corrected chi connectivity index (χ4v) is 2.09. The first-order valence-electron chi connectivity index (χ1n) is 5.40. The molecule has 1 saturated heterocycles. The van der Waals surface area contributed by atoms with Gasteiger partial charge in [0.25, 0.3) is 0 Å². The Morgan fingerprint density at radius 3 is 2.94 bits per heavy atom. The van der Waals surface area contributed by atoms with Crippen molar-refractivity contribution in [2.75, 3.05) is 36.7 Å². The Morgan fingerprint density at radius 1 is 1.38 bits per heavy atom. The van der Waals surface area contributed by atoms with E-state index in [4.69, 9.17) is 14.7 Å². The lowest BCUT2D eigenvalue weighted by molar-refractivity contribution is 0.00594. The summed E-state index contributed by atoms with van der Waals surface area (Å²) in [6.07, 6.45) is 0. The van der Waals surface area contributed by atoms with Crippen LogP contribution in [0.1, 0.15) is 0 Å². The van der Waals surface area contributed by atoms with Crippen LogP contribution in [0.3, 0.4) is 0 Å². The van der Waals surface area contributed by atoms with Crippen LogP contribution in [-0.4, -0.2) is 37.6 Å². The van der Waals surface area contributed by atoms with E-state index in [1.807, 2.05) is 12.1 Å². The van der Waals surface area contributed by atoms with Crippen molar-refractivity contribution in [3.05, 3.63) is 18.2 Å². The summed E-state index contributed by atoms with van der Waals surface area (Å²) in [5, 5.41) is 8.83. The molecule has 2 heterocycles. The molecule has 2 aliphatic rings. The van der Waals surface area contributed by atoms with E-state index < -0.39 is 0 Å². The maximum Gasteiger partial charge on any atom is 0.144 e. The first kappa shape index (κ1) is 9.74. The van der Waals surface area contributed by atoms with Gasteiger partial charge in [-0.3, -0.25) is 10.7 Å². The zero-order valence-corrected chi connectivity index (χ0v) is 8.85. The van der Waals surface area contributed by atoms with Gasteiger partial charge in [0.2, 0.25) is 0 Å². The number of nitrogens with zero attached hydrogens (tertiary/aromatic N) is 1. The highest BCUT2D eigenvalue weighted by atomic mass is 16.5. The van der Waals surface area contributed by atoms with Crippen LogP contribution in [-0.2, 0) is 4.74 Å². The summed E-state index contributed by atoms with van der Waals surface area (Å²) in [5.74, 6) is 0.817. The predicted octanol–water partition coefficient (Wildman–Crippen LogP) is 1.09. The zero-order valence-electron chi connectivity index (χ0n) is 8.85. The molecule has 0 unspecified atom stereocenters. The molecule has 1 aromatic carbocycles. The number of anilines is 2. The Labute approximate surface area is 93.5 Å². The van der Waals surface area contributed by atoms with E-state index in [0.717, 1.165) is 31.2 Å². The fourth-order valence-electron chi connectivity index (χ4n) is 2.09. The van der Waals surface area contributed by atoms with Gasteiger partial charge in [-0.15, -0.1) is 0 Å². The monoisotopic (exact) mass is 222 g/mol. The third kappa shape index (κ3) is 1.48. The molecule has 5 nitrogen and oxygen atoms in total. The van der Waals surface area contributed by atoms with Crippen LogP contribution in [0.15, 0.2) is 18.2 Å². The summed E-state index contributed by atoms with van der Waals surface area (Å²) in [5.41, 5.74) is 3.85. The molecule has 86 valence electrons. The largest absolute Gasteiger partial charge is 0.489 e. The van der Waals surface area contributed by atoms with Crippen molar-refractivity contribution in [3.8, 4) is 5.75 Å². The molecule has 0 saturated carbocycles. The second kappa shape index (κ2) is 3.84. The molecule has 1 aromatic rings. The van der Waals surface area contributed by atoms with Gasteiger partial charge in [0, 0.05) is 6.07 Å². The van der Waals surface area contributed by atoms with Crippen LogP contribution in [0, 0.1) is 0 Å². The van der Waals surface area contributed by atoms with Crippen LogP contribution in [0.25, 0.3) is 0 Å². The Kier molecular flexibility index (Phi) is 2.34.